The van der Waals surface area contributed by atoms with E-state index in [-0.39, 0.29) is 17.7 Å². The second-order valence-corrected chi connectivity index (χ2v) is 6.27. The zero-order chi connectivity index (χ0) is 15.1. The van der Waals surface area contributed by atoms with Crippen LogP contribution in [0.1, 0.15) is 69.9 Å². The molecule has 1 fully saturated rings. The highest BCUT2D eigenvalue weighted by molar-refractivity contribution is 5.22. The third-order valence-electron chi connectivity index (χ3n) is 4.52. The molecule has 1 aromatic rings. The van der Waals surface area contributed by atoms with Crippen LogP contribution in [0.5, 0.6) is 0 Å². The monoisotopic (exact) mass is 295 g/mol. The first-order valence-corrected chi connectivity index (χ1v) is 8.39. The third kappa shape index (κ3) is 5.06. The van der Waals surface area contributed by atoms with Crippen LogP contribution in [0.25, 0.3) is 0 Å². The Labute approximate surface area is 127 Å². The lowest BCUT2D eigenvalue weighted by Gasteiger charge is -2.24. The Morgan fingerprint density at radius 1 is 1.14 bits per heavy atom. The van der Waals surface area contributed by atoms with Gasteiger partial charge < -0.3 is 5.32 Å². The minimum atomic E-state index is -0.351. The molecule has 1 atom stereocenters. The molecule has 0 saturated heterocycles. The maximum atomic E-state index is 14.1. The van der Waals surface area contributed by atoms with Crippen molar-refractivity contribution < 1.29 is 8.78 Å². The van der Waals surface area contributed by atoms with Crippen molar-refractivity contribution in [1.29, 1.82) is 0 Å². The zero-order valence-electron chi connectivity index (χ0n) is 13.0. The summed E-state index contributed by atoms with van der Waals surface area (Å²) in [6.45, 7) is 2.94. The standard InChI is InChI=1S/C18H27F2N/c1-2-11-21-18(12-14-7-5-3-4-6-8-14)16-13-15(19)9-10-17(16)20/h9-10,13-14,18,21H,2-8,11-12H2,1H3. The predicted octanol–water partition coefficient (Wildman–Crippen LogP) is 5.37. The predicted molar refractivity (Wildman–Crippen MR) is 83.2 cm³/mol. The SMILES string of the molecule is CCCNC(CC1CCCCCC1)c1cc(F)ccc1F. The Bertz CT molecular complexity index is 425. The van der Waals surface area contributed by atoms with E-state index in [4.69, 9.17) is 0 Å². The van der Waals surface area contributed by atoms with Crippen molar-refractivity contribution in [3.63, 3.8) is 0 Å². The van der Waals surface area contributed by atoms with E-state index in [9.17, 15) is 8.78 Å². The fraction of sp³-hybridized carbons (Fsp3) is 0.667. The first-order chi connectivity index (χ1) is 10.2. The molecule has 2 rings (SSSR count). The molecule has 0 spiro atoms. The number of nitrogens with one attached hydrogen (secondary N) is 1. The molecule has 21 heavy (non-hydrogen) atoms. The van der Waals surface area contributed by atoms with E-state index in [0.717, 1.165) is 19.4 Å². The number of halogens is 2. The number of hydrogen-bond donors (Lipinski definition) is 1. The second-order valence-electron chi connectivity index (χ2n) is 6.27. The highest BCUT2D eigenvalue weighted by Crippen LogP contribution is 2.32. The number of hydrogen-bond acceptors (Lipinski definition) is 1. The van der Waals surface area contributed by atoms with Crippen LogP contribution in [-0.2, 0) is 0 Å². The summed E-state index contributed by atoms with van der Waals surface area (Å²) in [5.74, 6) is -0.0151. The maximum Gasteiger partial charge on any atom is 0.128 e. The van der Waals surface area contributed by atoms with Gasteiger partial charge in [0, 0.05) is 11.6 Å². The molecule has 3 heteroatoms. The van der Waals surface area contributed by atoms with E-state index in [1.807, 2.05) is 0 Å². The summed E-state index contributed by atoms with van der Waals surface area (Å²) in [5, 5.41) is 3.41. The quantitative estimate of drug-likeness (QED) is 0.696. The molecule has 118 valence electrons. The van der Waals surface area contributed by atoms with Crippen molar-refractivity contribution in [2.75, 3.05) is 6.54 Å². The molecule has 0 radical (unpaired) electrons. The summed E-state index contributed by atoms with van der Waals surface area (Å²) in [6, 6.07) is 3.74. The number of rotatable bonds is 6. The third-order valence-corrected chi connectivity index (χ3v) is 4.52. The van der Waals surface area contributed by atoms with Crippen molar-refractivity contribution in [2.24, 2.45) is 5.92 Å². The Hall–Kier alpha value is -0.960. The van der Waals surface area contributed by atoms with Gasteiger partial charge in [0.05, 0.1) is 0 Å². The van der Waals surface area contributed by atoms with E-state index in [0.29, 0.717) is 11.5 Å². The maximum absolute atomic E-state index is 14.1. The molecule has 1 unspecified atom stereocenters. The molecule has 1 saturated carbocycles. The summed E-state index contributed by atoms with van der Waals surface area (Å²) in [7, 11) is 0. The van der Waals surface area contributed by atoms with E-state index in [2.05, 4.69) is 12.2 Å². The van der Waals surface area contributed by atoms with Gasteiger partial charge in [0.25, 0.3) is 0 Å². The lowest BCUT2D eigenvalue weighted by molar-refractivity contribution is 0.349. The normalized spacial score (nSPS) is 18.4. The van der Waals surface area contributed by atoms with Crippen LogP contribution in [0.2, 0.25) is 0 Å². The number of benzene rings is 1. The minimum absolute atomic E-state index is 0.0660. The van der Waals surface area contributed by atoms with Crippen molar-refractivity contribution in [1.82, 2.24) is 5.32 Å². The van der Waals surface area contributed by atoms with Crippen LogP contribution in [-0.4, -0.2) is 6.54 Å². The van der Waals surface area contributed by atoms with Gasteiger partial charge in [0.2, 0.25) is 0 Å². The van der Waals surface area contributed by atoms with E-state index < -0.39 is 0 Å². The average Bonchev–Trinajstić information content (AvgIpc) is 2.75. The summed E-state index contributed by atoms with van der Waals surface area (Å²) >= 11 is 0. The molecule has 1 nitrogen and oxygen atoms in total. The highest BCUT2D eigenvalue weighted by atomic mass is 19.1. The van der Waals surface area contributed by atoms with Crippen LogP contribution in [0.3, 0.4) is 0 Å². The Morgan fingerprint density at radius 3 is 2.52 bits per heavy atom. The summed E-state index contributed by atoms with van der Waals surface area (Å²) in [6.07, 6.45) is 9.55. The van der Waals surface area contributed by atoms with Crippen LogP contribution >= 0.6 is 0 Å². The lowest BCUT2D eigenvalue weighted by atomic mass is 9.89. The first kappa shape index (κ1) is 16.4. The van der Waals surface area contributed by atoms with Gasteiger partial charge >= 0.3 is 0 Å². The fourth-order valence-electron chi connectivity index (χ4n) is 3.35. The van der Waals surface area contributed by atoms with Gasteiger partial charge in [-0.1, -0.05) is 45.4 Å². The molecular formula is C18H27F2N. The van der Waals surface area contributed by atoms with Gasteiger partial charge in [0.1, 0.15) is 11.6 Å². The summed E-state index contributed by atoms with van der Waals surface area (Å²) < 4.78 is 27.6. The molecule has 0 aliphatic heterocycles. The first-order valence-electron chi connectivity index (χ1n) is 8.39. The molecule has 0 aromatic heterocycles. The Morgan fingerprint density at radius 2 is 1.86 bits per heavy atom. The molecule has 1 N–H and O–H groups in total. The Balaban J connectivity index is 2.10. The smallest absolute Gasteiger partial charge is 0.128 e. The van der Waals surface area contributed by atoms with E-state index >= 15 is 0 Å². The summed E-state index contributed by atoms with van der Waals surface area (Å²) in [4.78, 5) is 0. The lowest BCUT2D eigenvalue weighted by Crippen LogP contribution is -2.25. The van der Waals surface area contributed by atoms with Gasteiger partial charge in [-0.3, -0.25) is 0 Å². The second kappa shape index (κ2) is 8.47. The molecule has 0 bridgehead atoms. The molecule has 0 amide bonds. The van der Waals surface area contributed by atoms with Gasteiger partial charge in [-0.05, 0) is 43.5 Å². The van der Waals surface area contributed by atoms with Crippen LogP contribution < -0.4 is 5.32 Å². The molecule has 1 aliphatic carbocycles. The van der Waals surface area contributed by atoms with Gasteiger partial charge in [-0.2, -0.15) is 0 Å². The Kier molecular flexibility index (Phi) is 6.62. The largest absolute Gasteiger partial charge is 0.310 e. The van der Waals surface area contributed by atoms with Crippen LogP contribution in [0.4, 0.5) is 8.78 Å². The molecular weight excluding hydrogens is 268 g/mol. The van der Waals surface area contributed by atoms with Crippen LogP contribution in [0.15, 0.2) is 18.2 Å². The minimum Gasteiger partial charge on any atom is -0.310 e. The van der Waals surface area contributed by atoms with Crippen molar-refractivity contribution in [3.8, 4) is 0 Å². The van der Waals surface area contributed by atoms with Gasteiger partial charge in [-0.15, -0.1) is 0 Å². The fourth-order valence-corrected chi connectivity index (χ4v) is 3.35. The molecule has 1 aliphatic rings. The van der Waals surface area contributed by atoms with Crippen molar-refractivity contribution in [2.45, 2.75) is 64.3 Å². The molecule has 0 heterocycles. The molecule has 1 aromatic carbocycles. The zero-order valence-corrected chi connectivity index (χ0v) is 13.0. The average molecular weight is 295 g/mol. The van der Waals surface area contributed by atoms with Gasteiger partial charge in [-0.25, -0.2) is 8.78 Å². The van der Waals surface area contributed by atoms with Crippen molar-refractivity contribution >= 4 is 0 Å². The van der Waals surface area contributed by atoms with E-state index in [1.165, 1.54) is 56.7 Å². The topological polar surface area (TPSA) is 12.0 Å². The summed E-state index contributed by atoms with van der Waals surface area (Å²) in [5.41, 5.74) is 0.493. The van der Waals surface area contributed by atoms with E-state index in [1.54, 1.807) is 0 Å². The van der Waals surface area contributed by atoms with Crippen molar-refractivity contribution in [3.05, 3.63) is 35.4 Å². The highest BCUT2D eigenvalue weighted by Gasteiger charge is 2.21. The van der Waals surface area contributed by atoms with Gasteiger partial charge in [0.15, 0.2) is 0 Å². The van der Waals surface area contributed by atoms with Crippen LogP contribution in [0, 0.1) is 17.6 Å².